The zero-order valence-electron chi connectivity index (χ0n) is 13.5. The molecule has 3 rings (SSSR count). The van der Waals surface area contributed by atoms with Gasteiger partial charge in [-0.2, -0.15) is 0 Å². The van der Waals surface area contributed by atoms with E-state index in [1.54, 1.807) is 4.90 Å². The van der Waals surface area contributed by atoms with Gasteiger partial charge in [0, 0.05) is 6.54 Å². The summed E-state index contributed by atoms with van der Waals surface area (Å²) >= 11 is 0. The monoisotopic (exact) mass is 304 g/mol. The molecule has 1 amide bonds. The number of carbonyl (C=O) groups is 1. The lowest BCUT2D eigenvalue weighted by atomic mass is 9.81. The lowest BCUT2D eigenvalue weighted by Gasteiger charge is -2.55. The summed E-state index contributed by atoms with van der Waals surface area (Å²) in [7, 11) is 0. The van der Waals surface area contributed by atoms with Crippen molar-refractivity contribution in [3.63, 3.8) is 0 Å². The lowest BCUT2D eigenvalue weighted by Crippen LogP contribution is -2.71. The van der Waals surface area contributed by atoms with E-state index in [-0.39, 0.29) is 17.7 Å². The molecule has 2 aliphatic rings. The van der Waals surface area contributed by atoms with Crippen molar-refractivity contribution in [1.29, 1.82) is 0 Å². The van der Waals surface area contributed by atoms with E-state index < -0.39 is 5.60 Å². The summed E-state index contributed by atoms with van der Waals surface area (Å²) in [6.45, 7) is 8.27. The van der Waals surface area contributed by atoms with Crippen LogP contribution < -0.4 is 5.32 Å². The molecule has 2 fully saturated rings. The lowest BCUT2D eigenvalue weighted by molar-refractivity contribution is -0.176. The van der Waals surface area contributed by atoms with Crippen molar-refractivity contribution in [2.45, 2.75) is 38.0 Å². The van der Waals surface area contributed by atoms with Gasteiger partial charge in [0.2, 0.25) is 0 Å². The first-order valence-electron chi connectivity index (χ1n) is 7.80. The van der Waals surface area contributed by atoms with E-state index in [0.717, 1.165) is 6.54 Å². The first-order chi connectivity index (χ1) is 10.4. The Morgan fingerprint density at radius 3 is 2.64 bits per heavy atom. The van der Waals surface area contributed by atoms with E-state index in [1.165, 1.54) is 5.56 Å². The third-order valence-electron chi connectivity index (χ3n) is 4.07. The Hall–Kier alpha value is -1.59. The summed E-state index contributed by atoms with van der Waals surface area (Å²) in [6.07, 6.45) is -0.265. The highest BCUT2D eigenvalue weighted by Gasteiger charge is 2.54. The predicted molar refractivity (Wildman–Crippen MR) is 83.7 cm³/mol. The highest BCUT2D eigenvalue weighted by atomic mass is 16.6. The van der Waals surface area contributed by atoms with Crippen LogP contribution in [0.3, 0.4) is 0 Å². The molecule has 0 radical (unpaired) electrons. The van der Waals surface area contributed by atoms with E-state index in [4.69, 9.17) is 9.47 Å². The molecule has 1 aromatic rings. The van der Waals surface area contributed by atoms with Crippen LogP contribution in [0.5, 0.6) is 0 Å². The minimum absolute atomic E-state index is 0.112. The molecule has 2 aliphatic heterocycles. The molecule has 0 saturated carbocycles. The third kappa shape index (κ3) is 2.96. The number of carbonyl (C=O) groups excluding carboxylic acids is 1. The number of ether oxygens (including phenoxy) is 2. The van der Waals surface area contributed by atoms with Crippen LogP contribution in [-0.4, -0.2) is 48.4 Å². The highest BCUT2D eigenvalue weighted by Crippen LogP contribution is 2.39. The predicted octanol–water partition coefficient (Wildman–Crippen LogP) is 2.34. The average molecular weight is 304 g/mol. The van der Waals surface area contributed by atoms with Gasteiger partial charge in [0.15, 0.2) is 0 Å². The van der Waals surface area contributed by atoms with Crippen LogP contribution in [0.4, 0.5) is 4.79 Å². The topological polar surface area (TPSA) is 50.8 Å². The molecule has 0 aliphatic carbocycles. The zero-order chi connectivity index (χ0) is 15.8. The number of nitrogens with one attached hydrogen (secondary N) is 1. The molecule has 1 N–H and O–H groups in total. The van der Waals surface area contributed by atoms with E-state index in [2.05, 4.69) is 17.4 Å². The maximum absolute atomic E-state index is 12.1. The highest BCUT2D eigenvalue weighted by molar-refractivity contribution is 5.70. The molecule has 0 aromatic heterocycles. The van der Waals surface area contributed by atoms with Gasteiger partial charge >= 0.3 is 6.09 Å². The molecule has 1 aromatic carbocycles. The Bertz CT molecular complexity index is 533. The van der Waals surface area contributed by atoms with Crippen LogP contribution in [0.1, 0.15) is 32.4 Å². The Morgan fingerprint density at radius 1 is 1.32 bits per heavy atom. The Morgan fingerprint density at radius 2 is 2.00 bits per heavy atom. The van der Waals surface area contributed by atoms with Crippen LogP contribution >= 0.6 is 0 Å². The first kappa shape index (κ1) is 15.3. The second-order valence-electron chi connectivity index (χ2n) is 7.05. The van der Waals surface area contributed by atoms with E-state index in [9.17, 15) is 4.79 Å². The van der Waals surface area contributed by atoms with Gasteiger partial charge in [-0.05, 0) is 26.3 Å². The second-order valence-corrected chi connectivity index (χ2v) is 7.05. The fourth-order valence-electron chi connectivity index (χ4n) is 3.12. The molecule has 1 unspecified atom stereocenters. The van der Waals surface area contributed by atoms with Gasteiger partial charge in [-0.25, -0.2) is 4.79 Å². The third-order valence-corrected chi connectivity index (χ3v) is 4.07. The Balaban J connectivity index is 1.70. The van der Waals surface area contributed by atoms with Crippen molar-refractivity contribution < 1.29 is 14.3 Å². The van der Waals surface area contributed by atoms with Crippen LogP contribution in [-0.2, 0) is 9.47 Å². The quantitative estimate of drug-likeness (QED) is 0.865. The molecular weight excluding hydrogens is 280 g/mol. The fourth-order valence-corrected chi connectivity index (χ4v) is 3.12. The molecular formula is C17H24N2O3. The molecule has 1 atom stereocenters. The van der Waals surface area contributed by atoms with Crippen molar-refractivity contribution in [2.24, 2.45) is 0 Å². The zero-order valence-corrected chi connectivity index (χ0v) is 13.5. The molecule has 22 heavy (non-hydrogen) atoms. The van der Waals surface area contributed by atoms with Crippen molar-refractivity contribution in [3.8, 4) is 0 Å². The number of hydrogen-bond donors (Lipinski definition) is 1. The minimum Gasteiger partial charge on any atom is -0.444 e. The van der Waals surface area contributed by atoms with Gasteiger partial charge in [0.05, 0.1) is 25.7 Å². The fraction of sp³-hybridized carbons (Fsp3) is 0.588. The summed E-state index contributed by atoms with van der Waals surface area (Å²) < 4.78 is 11.5. The van der Waals surface area contributed by atoms with Gasteiger partial charge in [-0.1, -0.05) is 30.3 Å². The van der Waals surface area contributed by atoms with Gasteiger partial charge in [0.25, 0.3) is 0 Å². The van der Waals surface area contributed by atoms with Gasteiger partial charge in [-0.15, -0.1) is 0 Å². The van der Waals surface area contributed by atoms with Crippen LogP contribution in [0.15, 0.2) is 30.3 Å². The number of benzene rings is 1. The van der Waals surface area contributed by atoms with Crippen molar-refractivity contribution >= 4 is 6.09 Å². The second kappa shape index (κ2) is 5.56. The summed E-state index contributed by atoms with van der Waals surface area (Å²) in [5, 5.41) is 3.53. The van der Waals surface area contributed by atoms with Gasteiger partial charge < -0.3 is 19.7 Å². The number of likely N-dealkylation sites (tertiary alicyclic amines) is 1. The van der Waals surface area contributed by atoms with E-state index >= 15 is 0 Å². The van der Waals surface area contributed by atoms with Crippen molar-refractivity contribution in [3.05, 3.63) is 35.9 Å². The molecule has 5 heteroatoms. The Labute approximate surface area is 131 Å². The first-order valence-corrected chi connectivity index (χ1v) is 7.80. The summed E-state index contributed by atoms with van der Waals surface area (Å²) in [5.41, 5.74) is 0.395. The van der Waals surface area contributed by atoms with Crippen molar-refractivity contribution in [2.75, 3.05) is 26.2 Å². The average Bonchev–Trinajstić information content (AvgIpc) is 2.43. The smallest absolute Gasteiger partial charge is 0.410 e. The van der Waals surface area contributed by atoms with Gasteiger partial charge in [-0.3, -0.25) is 0 Å². The number of amides is 1. The summed E-state index contributed by atoms with van der Waals surface area (Å²) in [5.74, 6) is 0. The maximum atomic E-state index is 12.1. The minimum atomic E-state index is -0.468. The molecule has 0 bridgehead atoms. The van der Waals surface area contributed by atoms with Gasteiger partial charge in [0.1, 0.15) is 11.2 Å². The van der Waals surface area contributed by atoms with E-state index in [0.29, 0.717) is 19.7 Å². The van der Waals surface area contributed by atoms with Crippen molar-refractivity contribution in [1.82, 2.24) is 10.2 Å². The number of nitrogens with zero attached hydrogens (tertiary/aromatic N) is 1. The maximum Gasteiger partial charge on any atom is 0.410 e. The molecule has 2 saturated heterocycles. The SMILES string of the molecule is CC(C)(C)OC(=O)N1CC2(C1)OCCNC2c1ccccc1. The van der Waals surface area contributed by atoms with Crippen LogP contribution in [0, 0.1) is 0 Å². The van der Waals surface area contributed by atoms with Crippen LogP contribution in [0.25, 0.3) is 0 Å². The molecule has 5 nitrogen and oxygen atoms in total. The van der Waals surface area contributed by atoms with E-state index in [1.807, 2.05) is 39.0 Å². The standard InChI is InChI=1S/C17H24N2O3/c1-16(2,3)22-15(20)19-11-17(12-19)14(18-9-10-21-17)13-7-5-4-6-8-13/h4-8,14,18H,9-12H2,1-3H3. The molecule has 2 heterocycles. The Kier molecular flexibility index (Phi) is 3.87. The largest absolute Gasteiger partial charge is 0.444 e. The number of morpholine rings is 1. The number of rotatable bonds is 1. The summed E-state index contributed by atoms with van der Waals surface area (Å²) in [4.78, 5) is 13.9. The normalized spacial score (nSPS) is 24.0. The molecule has 120 valence electrons. The van der Waals surface area contributed by atoms with Crippen LogP contribution in [0.2, 0.25) is 0 Å². The summed E-state index contributed by atoms with van der Waals surface area (Å²) in [6, 6.07) is 10.4. The number of hydrogen-bond acceptors (Lipinski definition) is 4. The molecule has 1 spiro atoms.